The molecular weight excluding hydrogens is 563 g/mol. The maximum atomic E-state index is 15.2. The van der Waals surface area contributed by atoms with Crippen molar-refractivity contribution in [3.63, 3.8) is 0 Å². The van der Waals surface area contributed by atoms with E-state index in [4.69, 9.17) is 14.2 Å². The van der Waals surface area contributed by atoms with Gasteiger partial charge in [0.1, 0.15) is 16.4 Å². The van der Waals surface area contributed by atoms with Crippen molar-refractivity contribution in [2.24, 2.45) is 5.18 Å². The number of pyridine rings is 1. The first kappa shape index (κ1) is 29.4. The van der Waals surface area contributed by atoms with Gasteiger partial charge < -0.3 is 14.2 Å². The second kappa shape index (κ2) is 13.2. The first-order valence-corrected chi connectivity index (χ1v) is 15.0. The predicted octanol–water partition coefficient (Wildman–Crippen LogP) is 5.27. The molecule has 1 fully saturated rings. The van der Waals surface area contributed by atoms with Gasteiger partial charge in [0.15, 0.2) is 11.5 Å². The maximum Gasteiger partial charge on any atom is 0.264 e. The van der Waals surface area contributed by atoms with Crippen molar-refractivity contribution in [2.75, 3.05) is 51.3 Å². The molecule has 0 radical (unpaired) electrons. The van der Waals surface area contributed by atoms with Crippen molar-refractivity contribution in [1.29, 1.82) is 0 Å². The van der Waals surface area contributed by atoms with Crippen LogP contribution in [-0.4, -0.2) is 64.9 Å². The number of benzene rings is 3. The van der Waals surface area contributed by atoms with E-state index in [1.165, 1.54) is 36.4 Å². The van der Waals surface area contributed by atoms with Gasteiger partial charge in [-0.3, -0.25) is 14.6 Å². The van der Waals surface area contributed by atoms with Gasteiger partial charge in [-0.25, -0.2) is 12.8 Å². The van der Waals surface area contributed by atoms with Crippen LogP contribution < -0.4 is 14.2 Å². The number of halogens is 1. The third kappa shape index (κ3) is 6.84. The molecule has 10 nitrogen and oxygen atoms in total. The summed E-state index contributed by atoms with van der Waals surface area (Å²) in [6.45, 7) is 4.83. The molecule has 0 amide bonds. The number of ether oxygens (including phenoxy) is 3. The lowest BCUT2D eigenvalue weighted by Gasteiger charge is -2.26. The van der Waals surface area contributed by atoms with Crippen LogP contribution >= 0.6 is 0 Å². The highest BCUT2D eigenvalue weighted by Gasteiger charge is 2.20. The number of rotatable bonds is 12. The Kier molecular flexibility index (Phi) is 9.25. The van der Waals surface area contributed by atoms with E-state index in [9.17, 15) is 13.3 Å². The lowest BCUT2D eigenvalue weighted by Crippen LogP contribution is -2.37. The van der Waals surface area contributed by atoms with Crippen molar-refractivity contribution >= 4 is 32.3 Å². The van der Waals surface area contributed by atoms with Gasteiger partial charge in [0, 0.05) is 43.7 Å². The first-order valence-electron chi connectivity index (χ1n) is 13.5. The van der Waals surface area contributed by atoms with Gasteiger partial charge in [-0.05, 0) is 59.1 Å². The number of nitrogens with one attached hydrogen (secondary N) is 1. The molecule has 220 valence electrons. The smallest absolute Gasteiger partial charge is 0.264 e. The average Bonchev–Trinajstić information content (AvgIpc) is 3.00. The Hall–Kier alpha value is -4.13. The monoisotopic (exact) mass is 594 g/mol. The molecule has 0 spiro atoms. The maximum absolute atomic E-state index is 15.2. The summed E-state index contributed by atoms with van der Waals surface area (Å²) in [5, 5.41) is 3.55. The van der Waals surface area contributed by atoms with Crippen LogP contribution in [0, 0.1) is 10.7 Å². The number of hydrogen-bond acceptors (Lipinski definition) is 9. The number of anilines is 1. The van der Waals surface area contributed by atoms with Crippen LogP contribution in [0.2, 0.25) is 0 Å². The van der Waals surface area contributed by atoms with Crippen LogP contribution in [0.3, 0.4) is 0 Å². The van der Waals surface area contributed by atoms with Crippen LogP contribution in [0.15, 0.2) is 76.9 Å². The number of morpholine rings is 1. The Morgan fingerprint density at radius 3 is 2.62 bits per heavy atom. The number of aromatic nitrogens is 1. The minimum absolute atomic E-state index is 0.0219. The van der Waals surface area contributed by atoms with Crippen molar-refractivity contribution in [1.82, 2.24) is 9.88 Å². The van der Waals surface area contributed by atoms with Crippen LogP contribution in [-0.2, 0) is 21.2 Å². The molecule has 1 aliphatic rings. The van der Waals surface area contributed by atoms with Gasteiger partial charge in [0.05, 0.1) is 38.1 Å². The van der Waals surface area contributed by atoms with Crippen LogP contribution in [0.1, 0.15) is 17.5 Å². The van der Waals surface area contributed by atoms with Crippen molar-refractivity contribution < 1.29 is 27.0 Å². The standard InChI is InChI=1S/C30H31FN4O6S/c1-39-28-19-24-21(9-10-32-27(24)20-29(28)41-14-4-11-35-12-15-40-16-13-35)17-22-7-8-23(18-25(22)31)34-42(37,38)30-6-3-2-5-26(30)33-36/h2-3,5-10,18-20,34H,4,11-17H2,1H3. The van der Waals surface area contributed by atoms with Gasteiger partial charge >= 0.3 is 0 Å². The Bertz CT molecular complexity index is 1680. The number of fused-ring (bicyclic) bond motifs is 1. The summed E-state index contributed by atoms with van der Waals surface area (Å²) in [6.07, 6.45) is 2.75. The lowest BCUT2D eigenvalue weighted by molar-refractivity contribution is 0.0357. The summed E-state index contributed by atoms with van der Waals surface area (Å²) in [5.74, 6) is 0.554. The molecule has 2 heterocycles. The molecule has 3 aromatic carbocycles. The third-order valence-electron chi connectivity index (χ3n) is 7.04. The van der Waals surface area contributed by atoms with E-state index < -0.39 is 15.8 Å². The highest BCUT2D eigenvalue weighted by Crippen LogP contribution is 2.34. The Labute approximate surface area is 243 Å². The van der Waals surface area contributed by atoms with E-state index in [0.717, 1.165) is 56.3 Å². The van der Waals surface area contributed by atoms with Gasteiger partial charge in [0.2, 0.25) is 0 Å². The van der Waals surface area contributed by atoms with E-state index in [-0.39, 0.29) is 22.7 Å². The molecule has 0 bridgehead atoms. The summed E-state index contributed by atoms with van der Waals surface area (Å²) in [4.78, 5) is 17.6. The first-order chi connectivity index (χ1) is 20.4. The quantitative estimate of drug-likeness (QED) is 0.174. The third-order valence-corrected chi connectivity index (χ3v) is 8.47. The van der Waals surface area contributed by atoms with Gasteiger partial charge in [-0.15, -0.1) is 4.91 Å². The second-order valence-electron chi connectivity index (χ2n) is 9.79. The Morgan fingerprint density at radius 1 is 1.05 bits per heavy atom. The minimum Gasteiger partial charge on any atom is -0.493 e. The number of nitrogens with zero attached hydrogens (tertiary/aromatic N) is 3. The van der Waals surface area contributed by atoms with Crippen molar-refractivity contribution in [3.05, 3.63) is 88.7 Å². The highest BCUT2D eigenvalue weighted by molar-refractivity contribution is 7.92. The van der Waals surface area contributed by atoms with E-state index in [1.807, 2.05) is 18.2 Å². The fourth-order valence-electron chi connectivity index (χ4n) is 4.86. The molecule has 1 saturated heterocycles. The summed E-state index contributed by atoms with van der Waals surface area (Å²) < 4.78 is 60.1. The van der Waals surface area contributed by atoms with Crippen LogP contribution in [0.25, 0.3) is 10.9 Å². The minimum atomic E-state index is -4.15. The predicted molar refractivity (Wildman–Crippen MR) is 158 cm³/mol. The second-order valence-corrected chi connectivity index (χ2v) is 11.4. The molecule has 4 aromatic rings. The summed E-state index contributed by atoms with van der Waals surface area (Å²) in [5.41, 5.74) is 1.65. The van der Waals surface area contributed by atoms with E-state index in [2.05, 4.69) is 19.8 Å². The molecule has 12 heteroatoms. The molecule has 1 N–H and O–H groups in total. The Balaban J connectivity index is 1.30. The molecule has 0 unspecified atom stereocenters. The summed E-state index contributed by atoms with van der Waals surface area (Å²) >= 11 is 0. The summed E-state index contributed by atoms with van der Waals surface area (Å²) in [7, 11) is -2.58. The van der Waals surface area contributed by atoms with E-state index in [1.54, 1.807) is 13.3 Å². The van der Waals surface area contributed by atoms with E-state index in [0.29, 0.717) is 29.2 Å². The highest BCUT2D eigenvalue weighted by atomic mass is 32.2. The zero-order valence-corrected chi connectivity index (χ0v) is 23.9. The zero-order chi connectivity index (χ0) is 29.5. The Morgan fingerprint density at radius 2 is 1.86 bits per heavy atom. The molecule has 42 heavy (non-hydrogen) atoms. The molecule has 0 atom stereocenters. The van der Waals surface area contributed by atoms with Crippen LogP contribution in [0.4, 0.5) is 15.8 Å². The fraction of sp³-hybridized carbons (Fsp3) is 0.300. The SMILES string of the molecule is COc1cc2c(Cc3ccc(NS(=O)(=O)c4ccccc4N=O)cc3F)ccnc2cc1OCCCN1CCOCC1. The molecule has 1 aliphatic heterocycles. The van der Waals surface area contributed by atoms with Gasteiger partial charge in [-0.1, -0.05) is 18.2 Å². The number of hydrogen-bond donors (Lipinski definition) is 1. The molecule has 1 aromatic heterocycles. The largest absolute Gasteiger partial charge is 0.493 e. The molecule has 5 rings (SSSR count). The number of nitroso groups, excluding NO2 is 1. The normalized spacial score (nSPS) is 14.0. The summed E-state index contributed by atoms with van der Waals surface area (Å²) in [6, 6.07) is 15.1. The van der Waals surface area contributed by atoms with Crippen molar-refractivity contribution in [2.45, 2.75) is 17.7 Å². The molecule has 0 aliphatic carbocycles. The van der Waals surface area contributed by atoms with Gasteiger partial charge in [0.25, 0.3) is 10.0 Å². The number of sulfonamides is 1. The molecule has 0 saturated carbocycles. The van der Waals surface area contributed by atoms with Crippen LogP contribution in [0.5, 0.6) is 11.5 Å². The van der Waals surface area contributed by atoms with Crippen molar-refractivity contribution in [3.8, 4) is 11.5 Å². The number of methoxy groups -OCH3 is 1. The fourth-order valence-corrected chi connectivity index (χ4v) is 6.05. The zero-order valence-electron chi connectivity index (χ0n) is 23.1. The average molecular weight is 595 g/mol. The lowest BCUT2D eigenvalue weighted by atomic mass is 10.00. The topological polar surface area (TPSA) is 119 Å². The van der Waals surface area contributed by atoms with Gasteiger partial charge in [-0.2, -0.15) is 0 Å². The molecular formula is C30H31FN4O6S. The van der Waals surface area contributed by atoms with E-state index >= 15 is 4.39 Å².